The first kappa shape index (κ1) is 75.7. The van der Waals surface area contributed by atoms with Crippen LogP contribution in [0.2, 0.25) is 0 Å². The molecule has 492 valence electrons. The number of aliphatic hydroxyl groups is 11. The maximum absolute atomic E-state index is 13.4. The van der Waals surface area contributed by atoms with Crippen molar-refractivity contribution in [3.05, 3.63) is 12.2 Å². The lowest BCUT2D eigenvalue weighted by atomic mass is 9.88. The van der Waals surface area contributed by atoms with Crippen LogP contribution >= 0.6 is 0 Å². The molecule has 3 heterocycles. The van der Waals surface area contributed by atoms with E-state index in [-0.39, 0.29) is 12.3 Å². The Labute approximate surface area is 499 Å². The summed E-state index contributed by atoms with van der Waals surface area (Å²) in [5, 5.41) is 135. The zero-order valence-electron chi connectivity index (χ0n) is 50.8. The van der Waals surface area contributed by atoms with Crippen LogP contribution in [0.1, 0.15) is 220 Å². The van der Waals surface area contributed by atoms with E-state index >= 15 is 0 Å². The van der Waals surface area contributed by atoms with Crippen LogP contribution in [-0.4, -0.2) is 215 Å². The number of carbonyl (C=O) groups is 3. The topological polar surface area (TPSA) is 373 Å². The van der Waals surface area contributed by atoms with Crippen molar-refractivity contribution in [2.75, 3.05) is 26.4 Å². The monoisotopic (exact) mass is 1210 g/mol. The van der Waals surface area contributed by atoms with Gasteiger partial charge in [0, 0.05) is 19.8 Å². The summed E-state index contributed by atoms with van der Waals surface area (Å²) in [6, 6.07) is -2.61. The van der Waals surface area contributed by atoms with Gasteiger partial charge in [0.25, 0.3) is 5.79 Å². The van der Waals surface area contributed by atoms with Crippen LogP contribution in [0.4, 0.5) is 0 Å². The van der Waals surface area contributed by atoms with Gasteiger partial charge in [-0.2, -0.15) is 0 Å². The lowest BCUT2D eigenvalue weighted by Crippen LogP contribution is -2.70. The molecule has 0 bridgehead atoms. The number of hydrogen-bond acceptors (Lipinski definition) is 20. The third-order valence-corrected chi connectivity index (χ3v) is 16.5. The van der Waals surface area contributed by atoms with Crippen molar-refractivity contribution in [2.24, 2.45) is 0 Å². The standard InChI is InChI=1S/C61H112N2O21/c1-4-6-8-10-12-14-16-17-18-19-20-21-22-23-25-27-29-31-33-35-48(71)63-42(43(68)34-32-30-28-26-24-15-13-11-9-7-5-2)40-79-58-53(75)52(74)55(47(39-66)81-58)82-59-54(76)57(51(73)46(38-65)80-59)84-61(60(77)78)36-44(69)49(62-41(3)67)56(83-61)50(72)45(70)37-64/h32,34,42-47,49-59,64-66,68-70,72-76H,4-31,33,35-40H2,1-3H3,(H,62,67)(H,63,71)(H,77,78)/b34-32+. The Morgan fingerprint density at radius 1 is 0.619 bits per heavy atom. The lowest BCUT2D eigenvalue weighted by molar-refractivity contribution is -0.386. The van der Waals surface area contributed by atoms with E-state index in [0.29, 0.717) is 12.8 Å². The molecule has 18 atom stereocenters. The van der Waals surface area contributed by atoms with Crippen molar-refractivity contribution in [3.8, 4) is 0 Å². The molecule has 0 aromatic carbocycles. The van der Waals surface area contributed by atoms with E-state index in [9.17, 15) is 75.7 Å². The molecule has 3 aliphatic rings. The summed E-state index contributed by atoms with van der Waals surface area (Å²) in [4.78, 5) is 38.4. The van der Waals surface area contributed by atoms with Gasteiger partial charge in [0.15, 0.2) is 12.6 Å². The number of aliphatic hydroxyl groups excluding tert-OH is 11. The second-order valence-corrected chi connectivity index (χ2v) is 23.6. The minimum Gasteiger partial charge on any atom is -0.477 e. The van der Waals surface area contributed by atoms with Gasteiger partial charge in [-0.05, 0) is 19.3 Å². The Bertz CT molecular complexity index is 1770. The first-order valence-corrected chi connectivity index (χ1v) is 32.1. The van der Waals surface area contributed by atoms with Crippen LogP contribution in [-0.2, 0) is 42.8 Å². The van der Waals surface area contributed by atoms with Crippen LogP contribution in [0.5, 0.6) is 0 Å². The molecule has 0 aliphatic carbocycles. The van der Waals surface area contributed by atoms with E-state index in [1.807, 2.05) is 6.08 Å². The fraction of sp³-hybridized carbons (Fsp3) is 0.918. The number of hydrogen-bond donors (Lipinski definition) is 14. The molecular weight excluding hydrogens is 1100 g/mol. The molecule has 3 rings (SSSR count). The lowest BCUT2D eigenvalue weighted by Gasteiger charge is -2.50. The zero-order valence-corrected chi connectivity index (χ0v) is 50.8. The van der Waals surface area contributed by atoms with Gasteiger partial charge in [-0.1, -0.05) is 193 Å². The minimum absolute atomic E-state index is 0.204. The molecule has 0 radical (unpaired) electrons. The fourth-order valence-electron chi connectivity index (χ4n) is 11.3. The van der Waals surface area contributed by atoms with E-state index < -0.39 is 155 Å². The molecule has 3 saturated heterocycles. The summed E-state index contributed by atoms with van der Waals surface area (Å²) in [5.74, 6) is -6.14. The zero-order chi connectivity index (χ0) is 61.9. The summed E-state index contributed by atoms with van der Waals surface area (Å²) in [7, 11) is 0. The molecule has 0 aromatic heterocycles. The van der Waals surface area contributed by atoms with Crippen molar-refractivity contribution in [2.45, 2.75) is 330 Å². The molecule has 3 aliphatic heterocycles. The van der Waals surface area contributed by atoms with Gasteiger partial charge in [0.2, 0.25) is 11.8 Å². The number of ether oxygens (including phenoxy) is 6. The Morgan fingerprint density at radius 3 is 1.58 bits per heavy atom. The highest BCUT2D eigenvalue weighted by Gasteiger charge is 2.60. The van der Waals surface area contributed by atoms with E-state index in [1.165, 1.54) is 128 Å². The Morgan fingerprint density at radius 2 is 1.11 bits per heavy atom. The van der Waals surface area contributed by atoms with E-state index in [4.69, 9.17) is 28.4 Å². The summed E-state index contributed by atoms with van der Waals surface area (Å²) in [6.45, 7) is 2.10. The first-order chi connectivity index (χ1) is 40.4. The number of unbranched alkanes of at least 4 members (excludes halogenated alkanes) is 27. The van der Waals surface area contributed by atoms with Gasteiger partial charge in [-0.3, -0.25) is 9.59 Å². The van der Waals surface area contributed by atoms with Gasteiger partial charge in [0.05, 0.1) is 50.7 Å². The Hall–Kier alpha value is -2.53. The van der Waals surface area contributed by atoms with E-state index in [0.717, 1.165) is 51.9 Å². The van der Waals surface area contributed by atoms with E-state index in [2.05, 4.69) is 24.5 Å². The smallest absolute Gasteiger partial charge is 0.364 e. The highest BCUT2D eigenvalue weighted by molar-refractivity contribution is 5.77. The predicted octanol–water partition coefficient (Wildman–Crippen LogP) is 3.95. The Kier molecular flexibility index (Phi) is 38.9. The molecule has 18 unspecified atom stereocenters. The number of carboxylic acid groups (broad SMARTS) is 1. The van der Waals surface area contributed by atoms with Crippen molar-refractivity contribution in [3.63, 3.8) is 0 Å². The average molecular weight is 1210 g/mol. The van der Waals surface area contributed by atoms with Gasteiger partial charge in [0.1, 0.15) is 67.1 Å². The molecule has 0 spiro atoms. The summed E-state index contributed by atoms with van der Waals surface area (Å²) >= 11 is 0. The fourth-order valence-corrected chi connectivity index (χ4v) is 11.3. The number of amides is 2. The van der Waals surface area contributed by atoms with Crippen LogP contribution in [0, 0.1) is 0 Å². The van der Waals surface area contributed by atoms with Gasteiger partial charge < -0.3 is 100 Å². The third kappa shape index (κ3) is 26.7. The number of carboxylic acids is 1. The van der Waals surface area contributed by atoms with Crippen molar-refractivity contribution >= 4 is 17.8 Å². The molecule has 23 nitrogen and oxygen atoms in total. The molecule has 84 heavy (non-hydrogen) atoms. The number of carbonyl (C=O) groups excluding carboxylic acids is 2. The van der Waals surface area contributed by atoms with Crippen molar-refractivity contribution < 1.29 is 104 Å². The average Bonchev–Trinajstić information content (AvgIpc) is 1.71. The van der Waals surface area contributed by atoms with Gasteiger partial charge in [-0.25, -0.2) is 4.79 Å². The molecule has 14 N–H and O–H groups in total. The highest BCUT2D eigenvalue weighted by Crippen LogP contribution is 2.38. The number of rotatable bonds is 47. The molecule has 23 heteroatoms. The highest BCUT2D eigenvalue weighted by atomic mass is 16.8. The summed E-state index contributed by atoms with van der Waals surface area (Å²) in [6.07, 6.45) is 8.52. The largest absolute Gasteiger partial charge is 0.477 e. The molecule has 3 fully saturated rings. The number of allylic oxidation sites excluding steroid dienone is 1. The molecule has 2 amide bonds. The normalized spacial score (nSPS) is 29.8. The summed E-state index contributed by atoms with van der Waals surface area (Å²) < 4.78 is 34.7. The predicted molar refractivity (Wildman–Crippen MR) is 311 cm³/mol. The van der Waals surface area contributed by atoms with Crippen molar-refractivity contribution in [1.29, 1.82) is 0 Å². The van der Waals surface area contributed by atoms with Gasteiger partial charge >= 0.3 is 5.97 Å². The van der Waals surface area contributed by atoms with Crippen LogP contribution in [0.15, 0.2) is 12.2 Å². The third-order valence-electron chi connectivity index (χ3n) is 16.5. The van der Waals surface area contributed by atoms with Crippen molar-refractivity contribution in [1.82, 2.24) is 10.6 Å². The van der Waals surface area contributed by atoms with Crippen LogP contribution in [0.3, 0.4) is 0 Å². The molecule has 0 aromatic rings. The molecule has 0 saturated carbocycles. The number of aliphatic carboxylic acids is 1. The Balaban J connectivity index is 1.62. The minimum atomic E-state index is -3.08. The second kappa shape index (κ2) is 43.2. The van der Waals surface area contributed by atoms with Crippen LogP contribution < -0.4 is 10.6 Å². The van der Waals surface area contributed by atoms with Crippen LogP contribution in [0.25, 0.3) is 0 Å². The van der Waals surface area contributed by atoms with E-state index in [1.54, 1.807) is 6.08 Å². The summed E-state index contributed by atoms with van der Waals surface area (Å²) in [5.41, 5.74) is 0. The SMILES string of the molecule is CCCCCCCCCCC/C=C/C(O)C(COC1OC(CO)C(OC2OC(CO)C(O)C(OC3(C(=O)O)CC(O)C(NC(C)=O)C(C(O)C(O)CO)O3)C2O)C(O)C1O)NC(=O)CCCCCCCCCCCCCCCCCCCCC. The quantitative estimate of drug-likeness (QED) is 0.0303. The maximum atomic E-state index is 13.4. The maximum Gasteiger partial charge on any atom is 0.364 e. The molecular formula is C61H112N2O21. The second-order valence-electron chi connectivity index (χ2n) is 23.6. The van der Waals surface area contributed by atoms with Gasteiger partial charge in [-0.15, -0.1) is 0 Å². The number of nitrogens with one attached hydrogen (secondary N) is 2. The first-order valence-electron chi connectivity index (χ1n) is 32.1.